The fraction of sp³-hybridized carbons (Fsp3) is 0.385. The predicted octanol–water partition coefficient (Wildman–Crippen LogP) is 3.81. The van der Waals surface area contributed by atoms with Gasteiger partial charge in [0.25, 0.3) is 0 Å². The van der Waals surface area contributed by atoms with E-state index < -0.39 is 0 Å². The van der Waals surface area contributed by atoms with E-state index in [0.717, 1.165) is 21.6 Å². The molecule has 0 fully saturated rings. The molecule has 0 aromatic carbocycles. The zero-order valence-corrected chi connectivity index (χ0v) is 13.1. The van der Waals surface area contributed by atoms with Crippen LogP contribution in [-0.2, 0) is 6.54 Å². The SMILES string of the molecule is CNCc1sc(-c2cncc(Br)c2)nc1C(C)C. The van der Waals surface area contributed by atoms with Crippen molar-refractivity contribution in [2.24, 2.45) is 0 Å². The smallest absolute Gasteiger partial charge is 0.125 e. The van der Waals surface area contributed by atoms with Gasteiger partial charge in [-0.2, -0.15) is 0 Å². The van der Waals surface area contributed by atoms with Crippen LogP contribution in [0.25, 0.3) is 10.6 Å². The van der Waals surface area contributed by atoms with Crippen LogP contribution in [0.2, 0.25) is 0 Å². The zero-order valence-electron chi connectivity index (χ0n) is 10.7. The first-order chi connectivity index (χ1) is 8.61. The van der Waals surface area contributed by atoms with Crippen LogP contribution in [0.3, 0.4) is 0 Å². The number of nitrogens with one attached hydrogen (secondary N) is 1. The third-order valence-electron chi connectivity index (χ3n) is 2.56. The molecule has 0 saturated carbocycles. The highest BCUT2D eigenvalue weighted by Crippen LogP contribution is 2.32. The minimum absolute atomic E-state index is 0.443. The van der Waals surface area contributed by atoms with Gasteiger partial charge < -0.3 is 5.32 Å². The Morgan fingerprint density at radius 3 is 2.78 bits per heavy atom. The molecule has 0 aliphatic rings. The first-order valence-corrected chi connectivity index (χ1v) is 7.48. The monoisotopic (exact) mass is 325 g/mol. The first-order valence-electron chi connectivity index (χ1n) is 5.87. The van der Waals surface area contributed by atoms with Crippen molar-refractivity contribution in [3.8, 4) is 10.6 Å². The highest BCUT2D eigenvalue weighted by Gasteiger charge is 2.14. The van der Waals surface area contributed by atoms with Gasteiger partial charge in [0.15, 0.2) is 0 Å². The maximum absolute atomic E-state index is 4.76. The third kappa shape index (κ3) is 2.96. The van der Waals surface area contributed by atoms with E-state index in [1.54, 1.807) is 17.5 Å². The van der Waals surface area contributed by atoms with Crippen LogP contribution >= 0.6 is 27.3 Å². The Labute approximate surface area is 120 Å². The van der Waals surface area contributed by atoms with Crippen LogP contribution in [-0.4, -0.2) is 17.0 Å². The standard InChI is InChI=1S/C13H16BrN3S/c1-8(2)12-11(7-15-3)18-13(17-12)9-4-10(14)6-16-5-9/h4-6,8,15H,7H2,1-3H3. The summed E-state index contributed by atoms with van der Waals surface area (Å²) in [4.78, 5) is 10.3. The second-order valence-electron chi connectivity index (χ2n) is 4.40. The van der Waals surface area contributed by atoms with Gasteiger partial charge in [0.2, 0.25) is 0 Å². The quantitative estimate of drug-likeness (QED) is 0.928. The maximum atomic E-state index is 4.76. The molecule has 96 valence electrons. The highest BCUT2D eigenvalue weighted by atomic mass is 79.9. The molecule has 1 N–H and O–H groups in total. The molecule has 0 aliphatic heterocycles. The average Bonchev–Trinajstić information content (AvgIpc) is 2.74. The highest BCUT2D eigenvalue weighted by molar-refractivity contribution is 9.10. The van der Waals surface area contributed by atoms with Crippen molar-refractivity contribution in [3.63, 3.8) is 0 Å². The number of pyridine rings is 1. The van der Waals surface area contributed by atoms with Gasteiger partial charge in [-0.3, -0.25) is 4.98 Å². The van der Waals surface area contributed by atoms with Crippen molar-refractivity contribution < 1.29 is 0 Å². The molecule has 0 amide bonds. The van der Waals surface area contributed by atoms with Crippen molar-refractivity contribution in [2.45, 2.75) is 26.3 Å². The third-order valence-corrected chi connectivity index (χ3v) is 4.12. The number of hydrogen-bond donors (Lipinski definition) is 1. The van der Waals surface area contributed by atoms with Crippen LogP contribution < -0.4 is 5.32 Å². The maximum Gasteiger partial charge on any atom is 0.125 e. The molecule has 0 radical (unpaired) electrons. The summed E-state index contributed by atoms with van der Waals surface area (Å²) < 4.78 is 0.983. The average molecular weight is 326 g/mol. The summed E-state index contributed by atoms with van der Waals surface area (Å²) in [5, 5.41) is 4.24. The number of rotatable bonds is 4. The molecular formula is C13H16BrN3S. The lowest BCUT2D eigenvalue weighted by Gasteiger charge is -2.03. The van der Waals surface area contributed by atoms with Crippen molar-refractivity contribution in [2.75, 3.05) is 7.05 Å². The van der Waals surface area contributed by atoms with Gasteiger partial charge in [0, 0.05) is 33.9 Å². The first kappa shape index (κ1) is 13.6. The van der Waals surface area contributed by atoms with Crippen molar-refractivity contribution in [3.05, 3.63) is 33.5 Å². The number of nitrogens with zero attached hydrogens (tertiary/aromatic N) is 2. The Kier molecular flexibility index (Phi) is 4.48. The fourth-order valence-electron chi connectivity index (χ4n) is 1.75. The van der Waals surface area contributed by atoms with E-state index in [0.29, 0.717) is 5.92 Å². The molecule has 0 saturated heterocycles. The summed E-state index contributed by atoms with van der Waals surface area (Å²) in [5.41, 5.74) is 2.25. The van der Waals surface area contributed by atoms with Crippen molar-refractivity contribution in [1.29, 1.82) is 0 Å². The van der Waals surface area contributed by atoms with E-state index in [9.17, 15) is 0 Å². The van der Waals surface area contributed by atoms with Crippen LogP contribution in [0.5, 0.6) is 0 Å². The zero-order chi connectivity index (χ0) is 13.1. The molecule has 0 spiro atoms. The summed E-state index contributed by atoms with van der Waals surface area (Å²) in [6.07, 6.45) is 3.64. The lowest BCUT2D eigenvalue weighted by Crippen LogP contribution is -2.06. The predicted molar refractivity (Wildman–Crippen MR) is 79.9 cm³/mol. The van der Waals surface area contributed by atoms with Gasteiger partial charge >= 0.3 is 0 Å². The van der Waals surface area contributed by atoms with Gasteiger partial charge in [0.05, 0.1) is 5.69 Å². The van der Waals surface area contributed by atoms with Gasteiger partial charge in [-0.15, -0.1) is 11.3 Å². The van der Waals surface area contributed by atoms with E-state index in [4.69, 9.17) is 4.98 Å². The molecule has 0 bridgehead atoms. The van der Waals surface area contributed by atoms with Gasteiger partial charge in [0.1, 0.15) is 5.01 Å². The van der Waals surface area contributed by atoms with E-state index >= 15 is 0 Å². The summed E-state index contributed by atoms with van der Waals surface area (Å²) in [7, 11) is 1.96. The summed E-state index contributed by atoms with van der Waals surface area (Å²) in [5.74, 6) is 0.443. The summed E-state index contributed by atoms with van der Waals surface area (Å²) >= 11 is 5.19. The van der Waals surface area contributed by atoms with E-state index in [-0.39, 0.29) is 0 Å². The lowest BCUT2D eigenvalue weighted by molar-refractivity contribution is 0.771. The van der Waals surface area contributed by atoms with E-state index in [1.165, 1.54) is 10.6 Å². The molecule has 2 aromatic rings. The Morgan fingerprint density at radius 1 is 1.39 bits per heavy atom. The van der Waals surface area contributed by atoms with E-state index in [1.807, 2.05) is 13.2 Å². The number of aromatic nitrogens is 2. The Balaban J connectivity index is 2.43. The normalized spacial score (nSPS) is 11.2. The fourth-order valence-corrected chi connectivity index (χ4v) is 3.33. The Hall–Kier alpha value is -0.780. The summed E-state index contributed by atoms with van der Waals surface area (Å²) in [6.45, 7) is 5.22. The van der Waals surface area contributed by atoms with Gasteiger partial charge in [-0.25, -0.2) is 4.98 Å². The minimum atomic E-state index is 0.443. The van der Waals surface area contributed by atoms with Gasteiger partial charge in [-0.05, 0) is 35.0 Å². The molecule has 18 heavy (non-hydrogen) atoms. The molecule has 2 rings (SSSR count). The minimum Gasteiger partial charge on any atom is -0.315 e. The van der Waals surface area contributed by atoms with Crippen molar-refractivity contribution in [1.82, 2.24) is 15.3 Å². The molecule has 0 aliphatic carbocycles. The molecular weight excluding hydrogens is 310 g/mol. The molecule has 0 atom stereocenters. The van der Waals surface area contributed by atoms with Crippen LogP contribution in [0.15, 0.2) is 22.9 Å². The Bertz CT molecular complexity index is 537. The van der Waals surface area contributed by atoms with E-state index in [2.05, 4.69) is 46.1 Å². The number of hydrogen-bond acceptors (Lipinski definition) is 4. The largest absolute Gasteiger partial charge is 0.315 e. The second kappa shape index (κ2) is 5.91. The van der Waals surface area contributed by atoms with Crippen LogP contribution in [0.4, 0.5) is 0 Å². The molecule has 0 unspecified atom stereocenters. The number of thiazole rings is 1. The molecule has 2 aromatic heterocycles. The topological polar surface area (TPSA) is 37.8 Å². The molecule has 2 heterocycles. The van der Waals surface area contributed by atoms with Crippen LogP contribution in [0, 0.1) is 0 Å². The molecule has 5 heteroatoms. The second-order valence-corrected chi connectivity index (χ2v) is 6.40. The Morgan fingerprint density at radius 2 is 2.17 bits per heavy atom. The summed E-state index contributed by atoms with van der Waals surface area (Å²) in [6, 6.07) is 2.05. The van der Waals surface area contributed by atoms with Gasteiger partial charge in [-0.1, -0.05) is 13.8 Å². The molecule has 3 nitrogen and oxygen atoms in total. The van der Waals surface area contributed by atoms with Crippen molar-refractivity contribution >= 4 is 27.3 Å². The van der Waals surface area contributed by atoms with Crippen LogP contribution in [0.1, 0.15) is 30.3 Å². The number of halogens is 1. The lowest BCUT2D eigenvalue weighted by atomic mass is 10.1.